The van der Waals surface area contributed by atoms with Gasteiger partial charge in [0.2, 0.25) is 0 Å². The Balaban J connectivity index is 2.12. The van der Waals surface area contributed by atoms with Crippen LogP contribution in [-0.2, 0) is 4.74 Å². The van der Waals surface area contributed by atoms with Gasteiger partial charge in [-0.3, -0.25) is 4.90 Å². The molecule has 2 unspecified atom stereocenters. The fraction of sp³-hybridized carbons (Fsp3) is 1.00. The van der Waals surface area contributed by atoms with Crippen LogP contribution in [0.25, 0.3) is 0 Å². The van der Waals surface area contributed by atoms with Crippen molar-refractivity contribution in [2.24, 2.45) is 11.7 Å². The summed E-state index contributed by atoms with van der Waals surface area (Å²) in [5.41, 5.74) is 6.47. The molecule has 1 heterocycles. The van der Waals surface area contributed by atoms with Crippen molar-refractivity contribution in [3.63, 3.8) is 0 Å². The van der Waals surface area contributed by atoms with Gasteiger partial charge in [-0.15, -0.1) is 0 Å². The van der Waals surface area contributed by atoms with Crippen LogP contribution in [-0.4, -0.2) is 68.3 Å². The third-order valence-electron chi connectivity index (χ3n) is 5.46. The Morgan fingerprint density at radius 2 is 2.10 bits per heavy atom. The topological polar surface area (TPSA) is 41.7 Å². The van der Waals surface area contributed by atoms with Crippen molar-refractivity contribution in [1.82, 2.24) is 9.80 Å². The number of likely N-dealkylation sites (tertiary alicyclic amines) is 1. The minimum absolute atomic E-state index is 0.186. The van der Waals surface area contributed by atoms with Gasteiger partial charge in [0.05, 0.1) is 6.61 Å². The molecule has 1 saturated carbocycles. The van der Waals surface area contributed by atoms with Gasteiger partial charge >= 0.3 is 0 Å². The van der Waals surface area contributed by atoms with E-state index in [4.69, 9.17) is 10.5 Å². The molecule has 1 saturated heterocycles. The first-order valence-electron chi connectivity index (χ1n) is 8.27. The molecule has 1 aliphatic carbocycles. The van der Waals surface area contributed by atoms with Crippen molar-refractivity contribution in [3.8, 4) is 0 Å². The number of hydrogen-bond acceptors (Lipinski definition) is 4. The van der Waals surface area contributed by atoms with Gasteiger partial charge in [-0.25, -0.2) is 0 Å². The lowest BCUT2D eigenvalue weighted by molar-refractivity contribution is 0.0118. The molecule has 0 spiro atoms. The fourth-order valence-corrected chi connectivity index (χ4v) is 3.82. The molecule has 0 amide bonds. The average Bonchev–Trinajstić information content (AvgIpc) is 3.28. The molecule has 0 aromatic rings. The van der Waals surface area contributed by atoms with E-state index in [1.54, 1.807) is 7.11 Å². The second-order valence-electron chi connectivity index (χ2n) is 6.85. The Morgan fingerprint density at radius 1 is 1.35 bits per heavy atom. The molecule has 2 rings (SSSR count). The molecule has 2 atom stereocenters. The highest BCUT2D eigenvalue weighted by atomic mass is 16.5. The van der Waals surface area contributed by atoms with Gasteiger partial charge in [0.1, 0.15) is 0 Å². The lowest BCUT2D eigenvalue weighted by Gasteiger charge is -2.47. The Hall–Kier alpha value is -0.160. The molecule has 20 heavy (non-hydrogen) atoms. The Labute approximate surface area is 124 Å². The first-order valence-corrected chi connectivity index (χ1v) is 8.27. The van der Waals surface area contributed by atoms with E-state index in [9.17, 15) is 0 Å². The normalized spacial score (nSPS) is 30.4. The third-order valence-corrected chi connectivity index (χ3v) is 5.46. The molecule has 0 radical (unpaired) electrons. The molecule has 1 aliphatic heterocycles. The molecule has 2 fully saturated rings. The van der Waals surface area contributed by atoms with Crippen molar-refractivity contribution >= 4 is 0 Å². The highest BCUT2D eigenvalue weighted by molar-refractivity contribution is 4.99. The van der Waals surface area contributed by atoms with Crippen LogP contribution in [0.3, 0.4) is 0 Å². The number of nitrogens with two attached hydrogens (primary N) is 1. The maximum Gasteiger partial charge on any atom is 0.0590 e. The van der Waals surface area contributed by atoms with E-state index in [0.29, 0.717) is 6.04 Å². The highest BCUT2D eigenvalue weighted by Gasteiger charge is 2.43. The number of rotatable bonds is 7. The summed E-state index contributed by atoms with van der Waals surface area (Å²) in [4.78, 5) is 5.15. The van der Waals surface area contributed by atoms with Crippen molar-refractivity contribution < 1.29 is 4.74 Å². The summed E-state index contributed by atoms with van der Waals surface area (Å²) in [5.74, 6) is 0.885. The van der Waals surface area contributed by atoms with Crippen LogP contribution in [0.2, 0.25) is 0 Å². The quantitative estimate of drug-likeness (QED) is 0.770. The van der Waals surface area contributed by atoms with Crippen LogP contribution in [0, 0.1) is 5.92 Å². The third kappa shape index (κ3) is 3.73. The van der Waals surface area contributed by atoms with Crippen LogP contribution in [0.15, 0.2) is 0 Å². The van der Waals surface area contributed by atoms with E-state index in [1.807, 2.05) is 0 Å². The Morgan fingerprint density at radius 3 is 2.70 bits per heavy atom. The Bertz CT molecular complexity index is 295. The summed E-state index contributed by atoms with van der Waals surface area (Å²) < 4.78 is 5.36. The van der Waals surface area contributed by atoms with E-state index < -0.39 is 0 Å². The molecular weight excluding hydrogens is 250 g/mol. The molecule has 2 aliphatic rings. The number of ether oxygens (including phenoxy) is 1. The summed E-state index contributed by atoms with van der Waals surface area (Å²) in [7, 11) is 4.03. The number of nitrogens with zero attached hydrogens (tertiary/aromatic N) is 2. The van der Waals surface area contributed by atoms with Gasteiger partial charge in [0, 0.05) is 31.8 Å². The zero-order chi connectivity index (χ0) is 14.6. The molecule has 0 bridgehead atoms. The van der Waals surface area contributed by atoms with Gasteiger partial charge in [0.15, 0.2) is 0 Å². The minimum Gasteiger partial charge on any atom is -0.383 e. The fourth-order valence-electron chi connectivity index (χ4n) is 3.82. The van der Waals surface area contributed by atoms with Crippen LogP contribution in [0.5, 0.6) is 0 Å². The second-order valence-corrected chi connectivity index (χ2v) is 6.85. The zero-order valence-electron chi connectivity index (χ0n) is 13.6. The van der Waals surface area contributed by atoms with Crippen molar-refractivity contribution in [2.75, 3.05) is 46.9 Å². The van der Waals surface area contributed by atoms with E-state index in [-0.39, 0.29) is 5.54 Å². The average molecular weight is 283 g/mol. The maximum absolute atomic E-state index is 6.28. The van der Waals surface area contributed by atoms with Crippen molar-refractivity contribution in [1.29, 1.82) is 0 Å². The first-order chi connectivity index (χ1) is 9.63. The summed E-state index contributed by atoms with van der Waals surface area (Å²) in [6.45, 7) is 7.39. The van der Waals surface area contributed by atoms with Gasteiger partial charge in [-0.1, -0.05) is 0 Å². The van der Waals surface area contributed by atoms with Crippen molar-refractivity contribution in [3.05, 3.63) is 0 Å². The standard InChI is InChI=1S/C16H33N3O/c1-14(15-5-6-15)19(11-12-20-3)16(13-17)7-4-9-18(2)10-8-16/h14-15H,4-13,17H2,1-3H3. The second kappa shape index (κ2) is 7.21. The minimum atomic E-state index is 0.186. The molecule has 0 aromatic carbocycles. The lowest BCUT2D eigenvalue weighted by atomic mass is 9.86. The van der Waals surface area contributed by atoms with Crippen LogP contribution < -0.4 is 5.73 Å². The van der Waals surface area contributed by atoms with E-state index in [2.05, 4.69) is 23.8 Å². The largest absolute Gasteiger partial charge is 0.383 e. The van der Waals surface area contributed by atoms with Gasteiger partial charge < -0.3 is 15.4 Å². The lowest BCUT2D eigenvalue weighted by Crippen LogP contribution is -2.59. The zero-order valence-corrected chi connectivity index (χ0v) is 13.6. The molecule has 0 aromatic heterocycles. The molecular formula is C16H33N3O. The first kappa shape index (κ1) is 16.2. The monoisotopic (exact) mass is 283 g/mol. The summed E-state index contributed by atoms with van der Waals surface area (Å²) in [6.07, 6.45) is 6.47. The number of methoxy groups -OCH3 is 1. The summed E-state index contributed by atoms with van der Waals surface area (Å²) in [6, 6.07) is 0.650. The predicted molar refractivity (Wildman–Crippen MR) is 83.9 cm³/mol. The SMILES string of the molecule is COCCN(C(C)C1CC1)C1(CN)CCCN(C)CC1. The molecule has 118 valence electrons. The van der Waals surface area contributed by atoms with E-state index in [0.717, 1.165) is 32.2 Å². The maximum atomic E-state index is 6.28. The number of hydrogen-bond donors (Lipinski definition) is 1. The van der Waals surface area contributed by atoms with Crippen molar-refractivity contribution in [2.45, 2.75) is 50.6 Å². The van der Waals surface area contributed by atoms with Gasteiger partial charge in [0.25, 0.3) is 0 Å². The van der Waals surface area contributed by atoms with Crippen LogP contribution in [0.4, 0.5) is 0 Å². The highest BCUT2D eigenvalue weighted by Crippen LogP contribution is 2.39. The van der Waals surface area contributed by atoms with Gasteiger partial charge in [-0.2, -0.15) is 0 Å². The van der Waals surface area contributed by atoms with Gasteiger partial charge in [-0.05, 0) is 65.1 Å². The molecule has 2 N–H and O–H groups in total. The Kier molecular flexibility index (Phi) is 5.84. The summed E-state index contributed by atoms with van der Waals surface area (Å²) in [5, 5.41) is 0. The molecule has 4 nitrogen and oxygen atoms in total. The predicted octanol–water partition coefficient (Wildman–Crippen LogP) is 1.55. The van der Waals surface area contributed by atoms with Crippen LogP contribution >= 0.6 is 0 Å². The van der Waals surface area contributed by atoms with Crippen LogP contribution in [0.1, 0.15) is 39.0 Å². The molecule has 4 heteroatoms. The smallest absolute Gasteiger partial charge is 0.0590 e. The summed E-state index contributed by atoms with van der Waals surface area (Å²) >= 11 is 0. The van der Waals surface area contributed by atoms with E-state index >= 15 is 0 Å². The van der Waals surface area contributed by atoms with E-state index in [1.165, 1.54) is 38.6 Å².